The summed E-state index contributed by atoms with van der Waals surface area (Å²) in [6.07, 6.45) is 6.39. The number of aryl methyl sites for hydroxylation is 1. The molecule has 2 N–H and O–H groups in total. The Kier molecular flexibility index (Phi) is 7.64. The van der Waals surface area contributed by atoms with Gasteiger partial charge >= 0.3 is 0 Å². The lowest BCUT2D eigenvalue weighted by molar-refractivity contribution is 0.0947. The van der Waals surface area contributed by atoms with Crippen molar-refractivity contribution in [3.05, 3.63) is 59.9 Å². The molecule has 9 nitrogen and oxygen atoms in total. The number of ether oxygens (including phenoxy) is 2. The summed E-state index contributed by atoms with van der Waals surface area (Å²) in [5.41, 5.74) is 1.54. The van der Waals surface area contributed by atoms with E-state index < -0.39 is 0 Å². The van der Waals surface area contributed by atoms with Crippen LogP contribution < -0.4 is 25.0 Å². The lowest BCUT2D eigenvalue weighted by atomic mass is 10.1. The largest absolute Gasteiger partial charge is 0.497 e. The number of rotatable bonds is 9. The fraction of sp³-hybridized carbons (Fsp3) is 0.385. The molecule has 4 rings (SSSR count). The zero-order chi connectivity index (χ0) is 24.8. The fourth-order valence-electron chi connectivity index (χ4n) is 4.23. The molecule has 0 spiro atoms. The minimum Gasteiger partial charge on any atom is -0.497 e. The molecule has 184 valence electrons. The molecule has 0 radical (unpaired) electrons. The monoisotopic (exact) mass is 476 g/mol. The van der Waals surface area contributed by atoms with E-state index in [-0.39, 0.29) is 5.91 Å². The zero-order valence-electron chi connectivity index (χ0n) is 20.6. The van der Waals surface area contributed by atoms with Crippen LogP contribution in [0, 0.1) is 12.8 Å². The maximum Gasteiger partial charge on any atom is 0.252 e. The van der Waals surface area contributed by atoms with E-state index in [0.29, 0.717) is 47.4 Å². The number of carbonyl (C=O) groups is 1. The minimum atomic E-state index is -0.140. The van der Waals surface area contributed by atoms with Crippen LogP contribution in [0.4, 0.5) is 11.8 Å². The summed E-state index contributed by atoms with van der Waals surface area (Å²) in [6, 6.07) is 11.0. The van der Waals surface area contributed by atoms with Gasteiger partial charge in [-0.05, 0) is 50.3 Å². The van der Waals surface area contributed by atoms with Gasteiger partial charge in [-0.1, -0.05) is 6.07 Å². The first-order chi connectivity index (χ1) is 16.9. The second kappa shape index (κ2) is 11.0. The van der Waals surface area contributed by atoms with Crippen molar-refractivity contribution in [2.75, 3.05) is 38.0 Å². The van der Waals surface area contributed by atoms with E-state index in [9.17, 15) is 4.79 Å². The van der Waals surface area contributed by atoms with Crippen LogP contribution in [0.3, 0.4) is 0 Å². The van der Waals surface area contributed by atoms with Crippen LogP contribution in [0.15, 0.2) is 48.8 Å². The number of anilines is 2. The number of pyridine rings is 1. The molecule has 1 amide bonds. The predicted octanol–water partition coefficient (Wildman–Crippen LogP) is 4.06. The Morgan fingerprint density at radius 2 is 1.94 bits per heavy atom. The normalized spacial score (nSPS) is 17.0. The van der Waals surface area contributed by atoms with Crippen molar-refractivity contribution in [2.24, 2.45) is 5.92 Å². The molecule has 0 saturated heterocycles. The van der Waals surface area contributed by atoms with Crippen molar-refractivity contribution in [3.8, 4) is 17.4 Å². The van der Waals surface area contributed by atoms with Crippen LogP contribution >= 0.6 is 0 Å². The average Bonchev–Trinajstić information content (AvgIpc) is 3.31. The number of nitrogens with zero attached hydrogens (tertiary/aromatic N) is 4. The second-order valence-electron chi connectivity index (χ2n) is 8.99. The number of carbonyl (C=O) groups excluding carboxylic acids is 1. The Balaban J connectivity index is 1.25. The molecule has 1 saturated carbocycles. The highest BCUT2D eigenvalue weighted by atomic mass is 16.5. The molecule has 1 fully saturated rings. The quantitative estimate of drug-likeness (QED) is 0.477. The third-order valence-electron chi connectivity index (χ3n) is 6.06. The topological polar surface area (TPSA) is 102 Å². The Morgan fingerprint density at radius 3 is 2.69 bits per heavy atom. The highest BCUT2D eigenvalue weighted by Crippen LogP contribution is 2.28. The molecule has 0 unspecified atom stereocenters. The molecular weight excluding hydrogens is 444 g/mol. The van der Waals surface area contributed by atoms with Crippen LogP contribution in [-0.4, -0.2) is 54.7 Å². The Bertz CT molecular complexity index is 1150. The molecule has 2 heterocycles. The van der Waals surface area contributed by atoms with E-state index in [1.807, 2.05) is 50.3 Å². The number of methoxy groups -OCH3 is 1. The van der Waals surface area contributed by atoms with Crippen molar-refractivity contribution in [1.82, 2.24) is 20.3 Å². The van der Waals surface area contributed by atoms with Crippen LogP contribution in [0.5, 0.6) is 17.4 Å². The van der Waals surface area contributed by atoms with E-state index in [4.69, 9.17) is 9.47 Å². The summed E-state index contributed by atoms with van der Waals surface area (Å²) in [5.74, 6) is 3.56. The minimum absolute atomic E-state index is 0.140. The van der Waals surface area contributed by atoms with Crippen molar-refractivity contribution >= 4 is 17.7 Å². The van der Waals surface area contributed by atoms with Gasteiger partial charge in [-0.25, -0.2) is 9.97 Å². The number of benzene rings is 1. The average molecular weight is 477 g/mol. The summed E-state index contributed by atoms with van der Waals surface area (Å²) < 4.78 is 10.9. The van der Waals surface area contributed by atoms with Gasteiger partial charge in [-0.3, -0.25) is 4.79 Å². The molecule has 3 aromatic rings. The van der Waals surface area contributed by atoms with Gasteiger partial charge < -0.3 is 25.0 Å². The highest BCUT2D eigenvalue weighted by molar-refractivity contribution is 5.93. The molecule has 35 heavy (non-hydrogen) atoms. The lowest BCUT2D eigenvalue weighted by Gasteiger charge is -2.18. The van der Waals surface area contributed by atoms with Crippen molar-refractivity contribution in [3.63, 3.8) is 0 Å². The molecule has 2 aromatic heterocycles. The molecule has 9 heteroatoms. The lowest BCUT2D eigenvalue weighted by Crippen LogP contribution is -2.29. The van der Waals surface area contributed by atoms with Crippen LogP contribution in [0.1, 0.15) is 35.2 Å². The first kappa shape index (κ1) is 24.3. The van der Waals surface area contributed by atoms with Gasteiger partial charge in [0.25, 0.3) is 5.91 Å². The van der Waals surface area contributed by atoms with Crippen LogP contribution in [-0.2, 0) is 0 Å². The first-order valence-corrected chi connectivity index (χ1v) is 11.7. The van der Waals surface area contributed by atoms with Gasteiger partial charge in [0.2, 0.25) is 11.8 Å². The predicted molar refractivity (Wildman–Crippen MR) is 135 cm³/mol. The molecule has 1 aromatic carbocycles. The highest BCUT2D eigenvalue weighted by Gasteiger charge is 2.26. The van der Waals surface area contributed by atoms with Crippen LogP contribution in [0.2, 0.25) is 0 Å². The number of hydrogen-bond acceptors (Lipinski definition) is 8. The third-order valence-corrected chi connectivity index (χ3v) is 6.06. The molecule has 1 aliphatic rings. The van der Waals surface area contributed by atoms with E-state index in [1.54, 1.807) is 25.3 Å². The molecular formula is C26H32N6O3. The zero-order valence-corrected chi connectivity index (χ0v) is 20.6. The van der Waals surface area contributed by atoms with Gasteiger partial charge in [0.15, 0.2) is 0 Å². The van der Waals surface area contributed by atoms with Gasteiger partial charge in [-0.15, -0.1) is 0 Å². The van der Waals surface area contributed by atoms with E-state index in [2.05, 4.69) is 25.6 Å². The van der Waals surface area contributed by atoms with Crippen molar-refractivity contribution in [1.29, 1.82) is 0 Å². The summed E-state index contributed by atoms with van der Waals surface area (Å²) in [7, 11) is 5.56. The maximum atomic E-state index is 12.6. The smallest absolute Gasteiger partial charge is 0.252 e. The van der Waals surface area contributed by atoms with E-state index in [0.717, 1.165) is 30.6 Å². The van der Waals surface area contributed by atoms with Crippen molar-refractivity contribution in [2.45, 2.75) is 32.2 Å². The van der Waals surface area contributed by atoms with Gasteiger partial charge in [0.1, 0.15) is 17.3 Å². The molecule has 0 bridgehead atoms. The Labute approximate surface area is 205 Å². The summed E-state index contributed by atoms with van der Waals surface area (Å²) >= 11 is 0. The maximum absolute atomic E-state index is 12.6. The van der Waals surface area contributed by atoms with Gasteiger partial charge in [0, 0.05) is 56.8 Å². The van der Waals surface area contributed by atoms with Crippen molar-refractivity contribution < 1.29 is 14.3 Å². The molecule has 0 aliphatic heterocycles. The van der Waals surface area contributed by atoms with Gasteiger partial charge in [0.05, 0.1) is 12.7 Å². The fourth-order valence-corrected chi connectivity index (χ4v) is 4.23. The number of nitrogens with one attached hydrogen (secondary N) is 2. The number of aromatic nitrogens is 3. The second-order valence-corrected chi connectivity index (χ2v) is 8.99. The van der Waals surface area contributed by atoms with Crippen LogP contribution in [0.25, 0.3) is 0 Å². The van der Waals surface area contributed by atoms with E-state index in [1.165, 1.54) is 6.20 Å². The third kappa shape index (κ3) is 6.38. The first-order valence-electron chi connectivity index (χ1n) is 11.7. The summed E-state index contributed by atoms with van der Waals surface area (Å²) in [5, 5.41) is 6.49. The molecule has 1 aliphatic carbocycles. The summed E-state index contributed by atoms with van der Waals surface area (Å²) in [4.78, 5) is 27.9. The Hall–Kier alpha value is -3.88. The SMILES string of the molecule is COc1cccc(Oc2ccc(C(=O)NC[C@@H]3CC[C@H](Nc4ncc(C)c(N(C)C)n4)C3)cn2)c1. The van der Waals surface area contributed by atoms with Gasteiger partial charge in [-0.2, -0.15) is 4.98 Å². The Morgan fingerprint density at radius 1 is 1.11 bits per heavy atom. The summed E-state index contributed by atoms with van der Waals surface area (Å²) in [6.45, 7) is 2.63. The number of amides is 1. The number of hydrogen-bond donors (Lipinski definition) is 2. The standard InChI is InChI=1S/C26H32N6O3/c1-17-14-29-26(31-24(17)32(2)3)30-20-10-8-18(12-20)15-28-25(33)19-9-11-23(27-16-19)35-22-7-5-6-21(13-22)34-4/h5-7,9,11,13-14,16,18,20H,8,10,12,15H2,1-4H3,(H,28,33)(H,29,30,31)/t18-,20+/m1/s1. The van der Waals surface area contributed by atoms with E-state index >= 15 is 0 Å². The molecule has 2 atom stereocenters.